The first kappa shape index (κ1) is 13.5. The van der Waals surface area contributed by atoms with Gasteiger partial charge in [0.25, 0.3) is 0 Å². The van der Waals surface area contributed by atoms with Crippen LogP contribution in [0, 0.1) is 0 Å². The molecule has 1 unspecified atom stereocenters. The second kappa shape index (κ2) is 6.33. The van der Waals surface area contributed by atoms with Crippen LogP contribution in [0.3, 0.4) is 0 Å². The van der Waals surface area contributed by atoms with Crippen LogP contribution in [0.4, 0.5) is 0 Å². The van der Waals surface area contributed by atoms with Gasteiger partial charge >= 0.3 is 0 Å². The minimum absolute atomic E-state index is 0.206. The van der Waals surface area contributed by atoms with Crippen LogP contribution in [0.15, 0.2) is 66.9 Å². The Morgan fingerprint density at radius 1 is 1.00 bits per heavy atom. The number of ether oxygens (including phenoxy) is 1. The molecule has 0 aliphatic carbocycles. The summed E-state index contributed by atoms with van der Waals surface area (Å²) >= 11 is 0. The Kier molecular flexibility index (Phi) is 4.07. The molecule has 0 amide bonds. The summed E-state index contributed by atoms with van der Waals surface area (Å²) in [5.41, 5.74) is 3.05. The average Bonchev–Trinajstić information content (AvgIpc) is 3.04. The van der Waals surface area contributed by atoms with Crippen molar-refractivity contribution < 1.29 is 4.74 Å². The van der Waals surface area contributed by atoms with Crippen LogP contribution in [0.2, 0.25) is 0 Å². The summed E-state index contributed by atoms with van der Waals surface area (Å²) in [6.45, 7) is 2.49. The first-order valence-corrected chi connectivity index (χ1v) is 6.96. The number of hydrogen-bond donors (Lipinski definition) is 0. The van der Waals surface area contributed by atoms with E-state index in [2.05, 4.69) is 10.2 Å². The van der Waals surface area contributed by atoms with E-state index in [1.54, 1.807) is 11.0 Å². The van der Waals surface area contributed by atoms with Crippen molar-refractivity contribution in [1.82, 2.24) is 15.0 Å². The SMILES string of the molecule is CC(OCc1ccccc1)n1ncc(-c2ccccc2)n1. The van der Waals surface area contributed by atoms with Crippen LogP contribution >= 0.6 is 0 Å². The van der Waals surface area contributed by atoms with Crippen molar-refractivity contribution in [2.24, 2.45) is 0 Å². The van der Waals surface area contributed by atoms with Crippen molar-refractivity contribution in [3.8, 4) is 11.3 Å². The van der Waals surface area contributed by atoms with Gasteiger partial charge in [-0.15, -0.1) is 0 Å². The molecule has 2 aromatic carbocycles. The molecule has 0 fully saturated rings. The van der Waals surface area contributed by atoms with Gasteiger partial charge in [-0.05, 0) is 12.5 Å². The molecule has 106 valence electrons. The predicted molar refractivity (Wildman–Crippen MR) is 81.4 cm³/mol. The Balaban J connectivity index is 1.66. The normalized spacial score (nSPS) is 12.2. The molecular weight excluding hydrogens is 262 g/mol. The Hall–Kier alpha value is -2.46. The molecule has 1 heterocycles. The summed E-state index contributed by atoms with van der Waals surface area (Å²) in [5, 5.41) is 8.76. The molecule has 3 aromatic rings. The highest BCUT2D eigenvalue weighted by atomic mass is 16.5. The third-order valence-corrected chi connectivity index (χ3v) is 3.24. The van der Waals surface area contributed by atoms with Gasteiger partial charge in [-0.1, -0.05) is 60.7 Å². The molecular formula is C17H17N3O. The van der Waals surface area contributed by atoms with Crippen LogP contribution in [-0.2, 0) is 11.3 Å². The van der Waals surface area contributed by atoms with Crippen LogP contribution in [0.25, 0.3) is 11.3 Å². The van der Waals surface area contributed by atoms with Gasteiger partial charge in [0.05, 0.1) is 12.8 Å². The summed E-state index contributed by atoms with van der Waals surface area (Å²) < 4.78 is 5.80. The number of aromatic nitrogens is 3. The van der Waals surface area contributed by atoms with Gasteiger partial charge in [-0.2, -0.15) is 15.0 Å². The van der Waals surface area contributed by atoms with E-state index in [0.29, 0.717) is 6.61 Å². The molecule has 0 bridgehead atoms. The van der Waals surface area contributed by atoms with Crippen molar-refractivity contribution >= 4 is 0 Å². The summed E-state index contributed by atoms with van der Waals surface area (Å²) in [7, 11) is 0. The monoisotopic (exact) mass is 279 g/mol. The largest absolute Gasteiger partial charge is 0.350 e. The van der Waals surface area contributed by atoms with Gasteiger partial charge in [-0.25, -0.2) is 0 Å². The van der Waals surface area contributed by atoms with Crippen LogP contribution in [0.5, 0.6) is 0 Å². The first-order chi connectivity index (χ1) is 10.3. The molecule has 0 aliphatic heterocycles. The number of benzene rings is 2. The lowest BCUT2D eigenvalue weighted by molar-refractivity contribution is -0.0133. The minimum Gasteiger partial charge on any atom is -0.350 e. The molecule has 4 heteroatoms. The maximum Gasteiger partial charge on any atom is 0.166 e. The van der Waals surface area contributed by atoms with E-state index in [4.69, 9.17) is 4.74 Å². The highest BCUT2D eigenvalue weighted by Gasteiger charge is 2.09. The van der Waals surface area contributed by atoms with Gasteiger partial charge < -0.3 is 4.74 Å². The Morgan fingerprint density at radius 3 is 2.38 bits per heavy atom. The summed E-state index contributed by atoms with van der Waals surface area (Å²) in [5.74, 6) is 0. The van der Waals surface area contributed by atoms with Gasteiger partial charge in [0, 0.05) is 5.56 Å². The first-order valence-electron chi connectivity index (χ1n) is 6.96. The predicted octanol–water partition coefficient (Wildman–Crippen LogP) is 3.68. The van der Waals surface area contributed by atoms with Gasteiger partial charge in [0.1, 0.15) is 5.69 Å². The standard InChI is InChI=1S/C17H17N3O/c1-14(21-13-15-8-4-2-5-9-15)20-18-12-17(19-20)16-10-6-3-7-11-16/h2-12,14H,13H2,1H3. The number of rotatable bonds is 5. The smallest absolute Gasteiger partial charge is 0.166 e. The van der Waals surface area contributed by atoms with E-state index in [1.165, 1.54) is 0 Å². The zero-order valence-electron chi connectivity index (χ0n) is 11.9. The summed E-state index contributed by atoms with van der Waals surface area (Å²) in [6.07, 6.45) is 1.56. The zero-order chi connectivity index (χ0) is 14.5. The third kappa shape index (κ3) is 3.35. The quantitative estimate of drug-likeness (QED) is 0.715. The van der Waals surface area contributed by atoms with E-state index < -0.39 is 0 Å². The molecule has 0 aliphatic rings. The lowest BCUT2D eigenvalue weighted by Gasteiger charge is -2.12. The van der Waals surface area contributed by atoms with Crippen LogP contribution in [-0.4, -0.2) is 15.0 Å². The van der Waals surface area contributed by atoms with Crippen LogP contribution < -0.4 is 0 Å². The van der Waals surface area contributed by atoms with Crippen molar-refractivity contribution in [2.45, 2.75) is 19.8 Å². The fraction of sp³-hybridized carbons (Fsp3) is 0.176. The van der Waals surface area contributed by atoms with Crippen molar-refractivity contribution in [3.05, 3.63) is 72.4 Å². The van der Waals surface area contributed by atoms with E-state index in [-0.39, 0.29) is 6.23 Å². The van der Waals surface area contributed by atoms with E-state index in [0.717, 1.165) is 16.8 Å². The summed E-state index contributed by atoms with van der Waals surface area (Å²) in [4.78, 5) is 1.60. The van der Waals surface area contributed by atoms with Gasteiger partial charge in [0.15, 0.2) is 6.23 Å². The second-order valence-corrected chi connectivity index (χ2v) is 4.81. The average molecular weight is 279 g/mol. The molecule has 0 spiro atoms. The van der Waals surface area contributed by atoms with E-state index in [1.807, 2.05) is 67.6 Å². The number of hydrogen-bond acceptors (Lipinski definition) is 3. The lowest BCUT2D eigenvalue weighted by Crippen LogP contribution is -2.12. The maximum absolute atomic E-state index is 5.80. The second-order valence-electron chi connectivity index (χ2n) is 4.81. The highest BCUT2D eigenvalue weighted by Crippen LogP contribution is 2.17. The molecule has 0 saturated carbocycles. The number of nitrogens with zero attached hydrogens (tertiary/aromatic N) is 3. The Morgan fingerprint density at radius 2 is 1.67 bits per heavy atom. The molecule has 21 heavy (non-hydrogen) atoms. The fourth-order valence-corrected chi connectivity index (χ4v) is 2.05. The summed E-state index contributed by atoms with van der Waals surface area (Å²) in [6, 6.07) is 20.1. The fourth-order valence-electron chi connectivity index (χ4n) is 2.05. The maximum atomic E-state index is 5.80. The van der Waals surface area contributed by atoms with Crippen molar-refractivity contribution in [1.29, 1.82) is 0 Å². The molecule has 1 atom stereocenters. The van der Waals surface area contributed by atoms with Crippen molar-refractivity contribution in [3.63, 3.8) is 0 Å². The lowest BCUT2D eigenvalue weighted by atomic mass is 10.2. The minimum atomic E-state index is -0.206. The van der Waals surface area contributed by atoms with E-state index >= 15 is 0 Å². The topological polar surface area (TPSA) is 39.9 Å². The highest BCUT2D eigenvalue weighted by molar-refractivity contribution is 5.56. The zero-order valence-corrected chi connectivity index (χ0v) is 11.9. The molecule has 0 N–H and O–H groups in total. The van der Waals surface area contributed by atoms with Crippen LogP contribution in [0.1, 0.15) is 18.7 Å². The van der Waals surface area contributed by atoms with Gasteiger partial charge in [-0.3, -0.25) is 0 Å². The van der Waals surface area contributed by atoms with E-state index in [9.17, 15) is 0 Å². The van der Waals surface area contributed by atoms with Crippen molar-refractivity contribution in [2.75, 3.05) is 0 Å². The molecule has 0 radical (unpaired) electrons. The molecule has 0 saturated heterocycles. The molecule has 1 aromatic heterocycles. The Labute approximate surface area is 124 Å². The molecule has 4 nitrogen and oxygen atoms in total. The van der Waals surface area contributed by atoms with Gasteiger partial charge in [0.2, 0.25) is 0 Å². The molecule has 3 rings (SSSR count). The Bertz CT molecular complexity index is 680. The third-order valence-electron chi connectivity index (χ3n) is 3.24.